The maximum absolute atomic E-state index is 12.7. The number of non-ortho nitro benzene ring substituents is 1. The number of amides is 2. The second-order valence-electron chi connectivity index (χ2n) is 6.51. The summed E-state index contributed by atoms with van der Waals surface area (Å²) in [5, 5.41) is 40.0. The molecular weight excluding hydrogens is 466 g/mol. The minimum Gasteiger partial charge on any atom is -0.502 e. The average Bonchev–Trinajstić information content (AvgIpc) is 3.33. The van der Waals surface area contributed by atoms with Crippen molar-refractivity contribution >= 4 is 46.8 Å². The molecule has 0 aliphatic rings. The van der Waals surface area contributed by atoms with E-state index in [0.717, 1.165) is 12.3 Å². The Hall–Kier alpha value is -4.91. The number of hydrogen-bond acceptors (Lipinski definition) is 9. The van der Waals surface area contributed by atoms with Crippen LogP contribution in [0, 0.1) is 20.2 Å². The van der Waals surface area contributed by atoms with Gasteiger partial charge in [0.2, 0.25) is 5.75 Å². The third-order valence-corrected chi connectivity index (χ3v) is 5.06. The Morgan fingerprint density at radius 2 is 1.76 bits per heavy atom. The van der Waals surface area contributed by atoms with Crippen molar-refractivity contribution in [3.8, 4) is 5.75 Å². The summed E-state index contributed by atoms with van der Waals surface area (Å²) < 4.78 is 0. The predicted molar refractivity (Wildman–Crippen MR) is 123 cm³/mol. The molecule has 0 unspecified atom stereocenters. The highest BCUT2D eigenvalue weighted by Gasteiger charge is 2.23. The molecule has 3 N–H and O–H groups in total. The molecule has 0 aliphatic heterocycles. The number of benzene rings is 2. The van der Waals surface area contributed by atoms with Crippen LogP contribution in [0.25, 0.3) is 6.08 Å². The Morgan fingerprint density at radius 3 is 2.38 bits per heavy atom. The fraction of sp³-hybridized carbons (Fsp3) is 0. The van der Waals surface area contributed by atoms with E-state index in [9.17, 15) is 34.9 Å². The molecule has 34 heavy (non-hydrogen) atoms. The second kappa shape index (κ2) is 10.6. The highest BCUT2D eigenvalue weighted by atomic mass is 32.1. The van der Waals surface area contributed by atoms with E-state index in [1.165, 1.54) is 17.4 Å². The van der Waals surface area contributed by atoms with E-state index >= 15 is 0 Å². The van der Waals surface area contributed by atoms with Crippen molar-refractivity contribution in [3.05, 3.63) is 102 Å². The number of nitro groups is 2. The summed E-state index contributed by atoms with van der Waals surface area (Å²) in [5.41, 5.74) is 0.383. The van der Waals surface area contributed by atoms with Gasteiger partial charge in [-0.05, 0) is 29.7 Å². The van der Waals surface area contributed by atoms with E-state index in [1.807, 2.05) is 0 Å². The number of thiophene rings is 1. The predicted octanol–water partition coefficient (Wildman–Crippen LogP) is 3.19. The van der Waals surface area contributed by atoms with Gasteiger partial charge in [0, 0.05) is 16.5 Å². The molecule has 1 heterocycles. The summed E-state index contributed by atoms with van der Waals surface area (Å²) in [6.45, 7) is 0. The number of carbonyl (C=O) groups excluding carboxylic acids is 2. The zero-order valence-corrected chi connectivity index (χ0v) is 17.9. The van der Waals surface area contributed by atoms with Gasteiger partial charge in [0.05, 0.1) is 27.7 Å². The van der Waals surface area contributed by atoms with Crippen LogP contribution >= 0.6 is 11.3 Å². The molecule has 0 bridgehead atoms. The lowest BCUT2D eigenvalue weighted by Gasteiger charge is -2.08. The smallest absolute Gasteiger partial charge is 0.318 e. The molecule has 0 atom stereocenters. The summed E-state index contributed by atoms with van der Waals surface area (Å²) >= 11 is 1.32. The SMILES string of the molecule is O=C(N/N=C\c1cc([N+](=O)[O-])cc([N+](=O)[O-])c1O)/C(=C\c1cccs1)NC(=O)c1ccccc1. The average molecular weight is 481 g/mol. The molecule has 0 saturated heterocycles. The Labute approximate surface area is 195 Å². The van der Waals surface area contributed by atoms with E-state index in [2.05, 4.69) is 15.8 Å². The Balaban J connectivity index is 1.84. The molecule has 2 amide bonds. The summed E-state index contributed by atoms with van der Waals surface area (Å²) in [5.74, 6) is -2.25. The lowest BCUT2D eigenvalue weighted by atomic mass is 10.1. The maximum atomic E-state index is 12.7. The standard InChI is InChI=1S/C21H15N5O7S/c27-19-14(9-15(25(30)31)10-18(19)26(32)33)12-22-24-21(29)17(11-16-7-4-8-34-16)23-20(28)13-5-2-1-3-6-13/h1-12,27H,(H,23,28)(H,24,29)/b17-11+,22-12-. The van der Waals surface area contributed by atoms with Crippen LogP contribution in [0.1, 0.15) is 20.8 Å². The first-order valence-electron chi connectivity index (χ1n) is 9.37. The first kappa shape index (κ1) is 23.7. The molecule has 3 aromatic rings. The number of hydrazone groups is 1. The molecule has 0 radical (unpaired) electrons. The fourth-order valence-electron chi connectivity index (χ4n) is 2.65. The van der Waals surface area contributed by atoms with Crippen LogP contribution < -0.4 is 10.7 Å². The molecule has 0 saturated carbocycles. The highest BCUT2D eigenvalue weighted by molar-refractivity contribution is 7.10. The van der Waals surface area contributed by atoms with Crippen LogP contribution in [0.15, 0.2) is 70.8 Å². The third kappa shape index (κ3) is 5.86. The number of nitrogens with one attached hydrogen (secondary N) is 2. The lowest BCUT2D eigenvalue weighted by Crippen LogP contribution is -2.32. The number of rotatable bonds is 8. The molecule has 3 rings (SSSR count). The lowest BCUT2D eigenvalue weighted by molar-refractivity contribution is -0.394. The molecule has 12 nitrogen and oxygen atoms in total. The van der Waals surface area contributed by atoms with E-state index in [-0.39, 0.29) is 11.3 Å². The minimum absolute atomic E-state index is 0.150. The molecule has 172 valence electrons. The van der Waals surface area contributed by atoms with Crippen molar-refractivity contribution in [1.82, 2.24) is 10.7 Å². The molecular formula is C21H15N5O7S. The van der Waals surface area contributed by atoms with Crippen molar-refractivity contribution in [2.45, 2.75) is 0 Å². The fourth-order valence-corrected chi connectivity index (χ4v) is 3.30. The van der Waals surface area contributed by atoms with Gasteiger partial charge in [-0.15, -0.1) is 11.3 Å². The normalized spacial score (nSPS) is 11.2. The van der Waals surface area contributed by atoms with Crippen molar-refractivity contribution in [2.75, 3.05) is 0 Å². The number of carbonyl (C=O) groups is 2. The van der Waals surface area contributed by atoms with Crippen molar-refractivity contribution in [3.63, 3.8) is 0 Å². The zero-order chi connectivity index (χ0) is 24.7. The molecule has 1 aromatic heterocycles. The maximum Gasteiger partial charge on any atom is 0.318 e. The van der Waals surface area contributed by atoms with Crippen molar-refractivity contribution in [1.29, 1.82) is 0 Å². The molecule has 13 heteroatoms. The zero-order valence-electron chi connectivity index (χ0n) is 17.1. The van der Waals surface area contributed by atoms with Crippen LogP contribution in [0.2, 0.25) is 0 Å². The number of nitro benzene ring substituents is 2. The molecule has 0 spiro atoms. The highest BCUT2D eigenvalue weighted by Crippen LogP contribution is 2.33. The van der Waals surface area contributed by atoms with Crippen molar-refractivity contribution in [2.24, 2.45) is 5.10 Å². The summed E-state index contributed by atoms with van der Waals surface area (Å²) in [7, 11) is 0. The molecule has 0 aliphatic carbocycles. The first-order chi connectivity index (χ1) is 16.3. The van der Waals surface area contributed by atoms with Gasteiger partial charge < -0.3 is 10.4 Å². The Kier molecular flexibility index (Phi) is 7.41. The van der Waals surface area contributed by atoms with Gasteiger partial charge in [0.25, 0.3) is 17.5 Å². The van der Waals surface area contributed by atoms with Crippen molar-refractivity contribution < 1.29 is 24.5 Å². The van der Waals surface area contributed by atoms with Crippen LogP contribution in [0.4, 0.5) is 11.4 Å². The Morgan fingerprint density at radius 1 is 1.03 bits per heavy atom. The van der Waals surface area contributed by atoms with Crippen LogP contribution in [0.3, 0.4) is 0 Å². The van der Waals surface area contributed by atoms with E-state index < -0.39 is 38.8 Å². The van der Waals surface area contributed by atoms with Gasteiger partial charge in [-0.1, -0.05) is 24.3 Å². The summed E-state index contributed by atoms with van der Waals surface area (Å²) in [6.07, 6.45) is 2.24. The van der Waals surface area contributed by atoms with E-state index in [0.29, 0.717) is 16.5 Å². The van der Waals surface area contributed by atoms with Gasteiger partial charge in [-0.25, -0.2) is 5.43 Å². The van der Waals surface area contributed by atoms with Gasteiger partial charge in [-0.2, -0.15) is 5.10 Å². The quantitative estimate of drug-likeness (QED) is 0.191. The number of hydrogen-bond donors (Lipinski definition) is 3. The topological polar surface area (TPSA) is 177 Å². The summed E-state index contributed by atoms with van der Waals surface area (Å²) in [4.78, 5) is 46.1. The molecule has 2 aromatic carbocycles. The van der Waals surface area contributed by atoms with Crippen LogP contribution in [0.5, 0.6) is 5.75 Å². The summed E-state index contributed by atoms with van der Waals surface area (Å²) in [6, 6.07) is 13.1. The molecule has 0 fully saturated rings. The van der Waals surface area contributed by atoms with E-state index in [1.54, 1.807) is 47.8 Å². The Bertz CT molecular complexity index is 1300. The largest absolute Gasteiger partial charge is 0.502 e. The third-order valence-electron chi connectivity index (χ3n) is 4.24. The number of nitrogens with zero attached hydrogens (tertiary/aromatic N) is 3. The van der Waals surface area contributed by atoms with Crippen LogP contribution in [-0.2, 0) is 4.79 Å². The van der Waals surface area contributed by atoms with Gasteiger partial charge in [0.1, 0.15) is 5.70 Å². The van der Waals surface area contributed by atoms with Gasteiger partial charge in [-0.3, -0.25) is 29.8 Å². The number of aromatic hydroxyl groups is 1. The monoisotopic (exact) mass is 481 g/mol. The first-order valence-corrected chi connectivity index (χ1v) is 10.2. The van der Waals surface area contributed by atoms with Gasteiger partial charge >= 0.3 is 5.69 Å². The number of phenols is 1. The second-order valence-corrected chi connectivity index (χ2v) is 7.49. The number of phenolic OH excluding ortho intramolecular Hbond substituents is 1. The van der Waals surface area contributed by atoms with Gasteiger partial charge in [0.15, 0.2) is 0 Å². The van der Waals surface area contributed by atoms with E-state index in [4.69, 9.17) is 0 Å². The minimum atomic E-state index is -0.987. The van der Waals surface area contributed by atoms with Crippen LogP contribution in [-0.4, -0.2) is 33.0 Å².